The molecule has 0 atom stereocenters. The van der Waals surface area contributed by atoms with Crippen molar-refractivity contribution in [1.29, 1.82) is 0 Å². The van der Waals surface area contributed by atoms with E-state index in [-0.39, 0.29) is 6.42 Å². The van der Waals surface area contributed by atoms with E-state index in [2.05, 4.69) is 0 Å². The Kier molecular flexibility index (Phi) is 9.67. The number of aliphatic carboxylic acids is 1. The minimum Gasteiger partial charge on any atom is -0.478 e. The molecule has 25 heavy (non-hydrogen) atoms. The smallest absolute Gasteiger partial charge is 0.478 e. The summed E-state index contributed by atoms with van der Waals surface area (Å²) >= 11 is 0. The summed E-state index contributed by atoms with van der Waals surface area (Å²) in [5, 5.41) is 8.69. The third-order valence-electron chi connectivity index (χ3n) is 3.74. The van der Waals surface area contributed by atoms with Gasteiger partial charge in [0.15, 0.2) is 0 Å². The first-order valence-electron chi connectivity index (χ1n) is 7.19. The van der Waals surface area contributed by atoms with Crippen LogP contribution >= 0.6 is 0 Å². The first-order valence-corrected chi connectivity index (χ1v) is 10.6. The molecule has 0 spiro atoms. The van der Waals surface area contributed by atoms with Crippen LogP contribution in [0, 0.1) is 0 Å². The summed E-state index contributed by atoms with van der Waals surface area (Å²) in [6.07, 6.45) is 1.50. The van der Waals surface area contributed by atoms with Gasteiger partial charge >= 0.3 is 29.5 Å². The second-order valence-electron chi connectivity index (χ2n) is 4.61. The Hall–Kier alpha value is -1.13. The van der Waals surface area contributed by atoms with Crippen molar-refractivity contribution in [3.63, 3.8) is 0 Å². The lowest BCUT2D eigenvalue weighted by Gasteiger charge is -2.47. The largest absolute Gasteiger partial charge is 0.551 e. The second kappa shape index (κ2) is 10.1. The van der Waals surface area contributed by atoms with Crippen LogP contribution in [-0.2, 0) is 40.9 Å². The van der Waals surface area contributed by atoms with Crippen molar-refractivity contribution < 1.29 is 46.0 Å². The van der Waals surface area contributed by atoms with E-state index in [4.69, 9.17) is 36.4 Å². The molecule has 0 aromatic heterocycles. The van der Waals surface area contributed by atoms with Crippen LogP contribution in [0.25, 0.3) is 0 Å². The van der Waals surface area contributed by atoms with Gasteiger partial charge in [-0.25, -0.2) is 9.59 Å². The third-order valence-corrected chi connectivity index (χ3v) is 11.7. The van der Waals surface area contributed by atoms with Gasteiger partial charge in [-0.15, -0.1) is 0 Å². The minimum atomic E-state index is -3.75. The highest BCUT2D eigenvalue weighted by molar-refractivity contribution is 6.85. The van der Waals surface area contributed by atoms with Gasteiger partial charge in [0.2, 0.25) is 4.85 Å². The minimum absolute atomic E-state index is 0.100. The summed E-state index contributed by atoms with van der Waals surface area (Å²) in [5.74, 6) is -2.27. The lowest BCUT2D eigenvalue weighted by atomic mass is 10.5. The molecule has 1 N–H and O–H groups in total. The quantitative estimate of drug-likeness (QED) is 0.276. The fourth-order valence-electron chi connectivity index (χ4n) is 2.65. The Morgan fingerprint density at radius 2 is 1.20 bits per heavy atom. The van der Waals surface area contributed by atoms with Gasteiger partial charge in [0, 0.05) is 54.8 Å². The molecule has 0 aromatic carbocycles. The van der Waals surface area contributed by atoms with E-state index in [1.807, 2.05) is 0 Å². The highest BCUT2D eigenvalue weighted by Crippen LogP contribution is 2.40. The van der Waals surface area contributed by atoms with Crippen LogP contribution in [0.5, 0.6) is 0 Å². The number of rotatable bonds is 12. The molecule has 0 aliphatic carbocycles. The average Bonchev–Trinajstić information content (AvgIpc) is 2.63. The molecule has 0 rings (SSSR count). The van der Waals surface area contributed by atoms with E-state index in [0.717, 1.165) is 6.08 Å². The normalized spacial score (nSPS) is 13.2. The van der Waals surface area contributed by atoms with Gasteiger partial charge in [0.1, 0.15) is 0 Å². The second-order valence-corrected chi connectivity index (χ2v) is 11.4. The van der Waals surface area contributed by atoms with Crippen molar-refractivity contribution in [3.05, 3.63) is 12.2 Å². The standard InChI is InChI=1S/C13H26O10Si2/c1-8-13(24(17-2,18-3)19-4,25(20-5,21-6)22-7)23-12(16)10-9-11(14)15/h9-10H,8H2,1-7H3,(H,14,15). The number of hydrogen-bond acceptors (Lipinski definition) is 9. The molecule has 0 heterocycles. The number of hydrogen-bond donors (Lipinski definition) is 1. The Morgan fingerprint density at radius 1 is 0.840 bits per heavy atom. The maximum absolute atomic E-state index is 12.2. The third kappa shape index (κ3) is 4.35. The molecular formula is C13H26O10Si2. The van der Waals surface area contributed by atoms with Crippen LogP contribution in [0.1, 0.15) is 13.3 Å². The molecular weight excluding hydrogens is 372 g/mol. The molecule has 146 valence electrons. The lowest BCUT2D eigenvalue weighted by molar-refractivity contribution is -0.152. The van der Waals surface area contributed by atoms with Crippen molar-refractivity contribution in [1.82, 2.24) is 0 Å². The summed E-state index contributed by atoms with van der Waals surface area (Å²) < 4.78 is 38.6. The summed E-state index contributed by atoms with van der Waals surface area (Å²) in [7, 11) is 0.524. The molecule has 0 amide bonds. The predicted molar refractivity (Wildman–Crippen MR) is 89.5 cm³/mol. The fourth-order valence-corrected chi connectivity index (χ4v) is 10.3. The summed E-state index contributed by atoms with van der Waals surface area (Å²) in [6.45, 7) is 1.69. The number of carboxylic acid groups (broad SMARTS) is 1. The Balaban J connectivity index is 6.44. The van der Waals surface area contributed by atoms with Crippen molar-refractivity contribution in [2.75, 3.05) is 42.7 Å². The lowest BCUT2D eigenvalue weighted by Crippen LogP contribution is -2.80. The van der Waals surface area contributed by atoms with E-state index < -0.39 is 34.4 Å². The molecule has 0 bridgehead atoms. The van der Waals surface area contributed by atoms with E-state index in [9.17, 15) is 9.59 Å². The van der Waals surface area contributed by atoms with Gasteiger partial charge in [-0.1, -0.05) is 6.92 Å². The van der Waals surface area contributed by atoms with E-state index >= 15 is 0 Å². The fraction of sp³-hybridized carbons (Fsp3) is 0.692. The Bertz CT molecular complexity index is 437. The maximum atomic E-state index is 12.2. The highest BCUT2D eigenvalue weighted by Gasteiger charge is 2.78. The number of carbonyl (C=O) groups is 2. The van der Waals surface area contributed by atoms with Crippen LogP contribution in [0.3, 0.4) is 0 Å². The number of carboxylic acids is 1. The van der Waals surface area contributed by atoms with Gasteiger partial charge in [-0.2, -0.15) is 0 Å². The maximum Gasteiger partial charge on any atom is 0.551 e. The monoisotopic (exact) mass is 398 g/mol. The van der Waals surface area contributed by atoms with Crippen molar-refractivity contribution in [3.8, 4) is 0 Å². The summed E-state index contributed by atoms with van der Waals surface area (Å²) in [4.78, 5) is 21.2. The van der Waals surface area contributed by atoms with Crippen LogP contribution in [0.2, 0.25) is 0 Å². The van der Waals surface area contributed by atoms with Crippen molar-refractivity contribution >= 4 is 29.5 Å². The van der Waals surface area contributed by atoms with Gasteiger partial charge in [-0.05, 0) is 6.42 Å². The van der Waals surface area contributed by atoms with E-state index in [1.165, 1.54) is 42.7 Å². The first-order chi connectivity index (χ1) is 11.7. The topological polar surface area (TPSA) is 119 Å². The number of ether oxygens (including phenoxy) is 1. The Morgan fingerprint density at radius 3 is 1.44 bits per heavy atom. The molecule has 0 aliphatic heterocycles. The summed E-state index contributed by atoms with van der Waals surface area (Å²) in [6, 6.07) is 0. The van der Waals surface area contributed by atoms with Crippen LogP contribution in [-0.4, -0.2) is 82.2 Å². The van der Waals surface area contributed by atoms with Crippen LogP contribution in [0.15, 0.2) is 12.2 Å². The zero-order chi connectivity index (χ0) is 19.7. The van der Waals surface area contributed by atoms with Gasteiger partial charge < -0.3 is 36.4 Å². The number of esters is 1. The molecule has 0 aliphatic rings. The molecule has 12 heteroatoms. The SMILES string of the molecule is CCC(OC(=O)C=CC(=O)O)([Si](OC)(OC)OC)[Si](OC)(OC)OC. The van der Waals surface area contributed by atoms with Crippen LogP contribution in [0.4, 0.5) is 0 Å². The van der Waals surface area contributed by atoms with Crippen molar-refractivity contribution in [2.45, 2.75) is 18.2 Å². The Labute approximate surface area is 149 Å². The van der Waals surface area contributed by atoms with Gasteiger partial charge in [0.05, 0.1) is 0 Å². The zero-order valence-corrected chi connectivity index (χ0v) is 17.5. The van der Waals surface area contributed by atoms with E-state index in [0.29, 0.717) is 6.08 Å². The molecule has 0 unspecified atom stereocenters. The average molecular weight is 399 g/mol. The molecule has 10 nitrogen and oxygen atoms in total. The molecule has 0 saturated carbocycles. The number of carbonyl (C=O) groups excluding carboxylic acids is 1. The predicted octanol–water partition coefficient (Wildman–Crippen LogP) is 0.154. The highest BCUT2D eigenvalue weighted by atomic mass is 28.5. The molecule has 0 fully saturated rings. The van der Waals surface area contributed by atoms with Gasteiger partial charge in [0.25, 0.3) is 0 Å². The van der Waals surface area contributed by atoms with Crippen LogP contribution < -0.4 is 0 Å². The zero-order valence-electron chi connectivity index (χ0n) is 15.5. The molecule has 0 aromatic rings. The van der Waals surface area contributed by atoms with Crippen molar-refractivity contribution in [2.24, 2.45) is 0 Å². The molecule has 0 saturated heterocycles. The molecule has 0 radical (unpaired) electrons. The van der Waals surface area contributed by atoms with E-state index in [1.54, 1.807) is 6.92 Å². The van der Waals surface area contributed by atoms with Gasteiger partial charge in [-0.3, -0.25) is 0 Å². The first kappa shape index (κ1) is 23.9. The summed E-state index contributed by atoms with van der Waals surface area (Å²) in [5.41, 5.74) is 0.